The number of nitro groups is 1. The molecule has 5 nitrogen and oxygen atoms in total. The summed E-state index contributed by atoms with van der Waals surface area (Å²) < 4.78 is 0. The van der Waals surface area contributed by atoms with E-state index >= 15 is 0 Å². The quantitative estimate of drug-likeness (QED) is 0.473. The number of nitro benzene ring substituents is 1. The van der Waals surface area contributed by atoms with Gasteiger partial charge in [-0.05, 0) is 25.5 Å². The molecule has 1 saturated carbocycles. The van der Waals surface area contributed by atoms with Crippen molar-refractivity contribution in [3.63, 3.8) is 0 Å². The van der Waals surface area contributed by atoms with Crippen LogP contribution in [-0.2, 0) is 6.54 Å². The Morgan fingerprint density at radius 3 is 2.85 bits per heavy atom. The maximum absolute atomic E-state index is 10.7. The van der Waals surface area contributed by atoms with Gasteiger partial charge in [-0.3, -0.25) is 10.1 Å². The van der Waals surface area contributed by atoms with Gasteiger partial charge in [0.15, 0.2) is 0 Å². The molecular weight excluding hydrogens is 254 g/mol. The van der Waals surface area contributed by atoms with Crippen molar-refractivity contribution in [1.82, 2.24) is 10.2 Å². The first-order valence-corrected chi connectivity index (χ1v) is 7.31. The van der Waals surface area contributed by atoms with E-state index in [9.17, 15) is 10.1 Å². The molecule has 0 bridgehead atoms. The third kappa shape index (κ3) is 4.28. The second kappa shape index (κ2) is 7.36. The summed E-state index contributed by atoms with van der Waals surface area (Å²) in [5.74, 6) is 0. The van der Waals surface area contributed by atoms with E-state index in [1.165, 1.54) is 31.7 Å². The Morgan fingerprint density at radius 2 is 2.15 bits per heavy atom. The van der Waals surface area contributed by atoms with E-state index in [2.05, 4.69) is 17.3 Å². The molecular formula is C15H23N3O2. The summed E-state index contributed by atoms with van der Waals surface area (Å²) in [4.78, 5) is 12.8. The third-order valence-corrected chi connectivity index (χ3v) is 4.04. The Hall–Kier alpha value is -1.46. The summed E-state index contributed by atoms with van der Waals surface area (Å²) >= 11 is 0. The lowest BCUT2D eigenvalue weighted by molar-refractivity contribution is -0.384. The lowest BCUT2D eigenvalue weighted by Gasteiger charge is -2.23. The summed E-state index contributed by atoms with van der Waals surface area (Å²) in [6.45, 7) is 2.62. The second-order valence-corrected chi connectivity index (χ2v) is 5.52. The van der Waals surface area contributed by atoms with Crippen LogP contribution in [0.25, 0.3) is 0 Å². The first kappa shape index (κ1) is 14.9. The van der Waals surface area contributed by atoms with Crippen LogP contribution < -0.4 is 5.32 Å². The van der Waals surface area contributed by atoms with Crippen LogP contribution in [0.3, 0.4) is 0 Å². The van der Waals surface area contributed by atoms with Crippen molar-refractivity contribution in [1.29, 1.82) is 0 Å². The molecule has 0 spiro atoms. The van der Waals surface area contributed by atoms with E-state index in [1.807, 2.05) is 6.07 Å². The molecule has 1 aromatic carbocycles. The van der Waals surface area contributed by atoms with E-state index in [4.69, 9.17) is 0 Å². The molecule has 0 aromatic heterocycles. The summed E-state index contributed by atoms with van der Waals surface area (Å²) in [5.41, 5.74) is 1.12. The number of likely N-dealkylation sites (N-methyl/N-ethyl adjacent to an activating group) is 1. The molecule has 20 heavy (non-hydrogen) atoms. The van der Waals surface area contributed by atoms with Crippen LogP contribution in [0.5, 0.6) is 0 Å². The Labute approximate surface area is 120 Å². The molecule has 0 radical (unpaired) electrons. The van der Waals surface area contributed by atoms with Gasteiger partial charge in [0.2, 0.25) is 0 Å². The normalized spacial score (nSPS) is 15.9. The highest BCUT2D eigenvalue weighted by molar-refractivity contribution is 5.34. The molecule has 0 unspecified atom stereocenters. The number of benzene rings is 1. The molecule has 0 amide bonds. The summed E-state index contributed by atoms with van der Waals surface area (Å²) in [7, 11) is 2.19. The van der Waals surface area contributed by atoms with E-state index in [1.54, 1.807) is 12.1 Å². The number of hydrogen-bond donors (Lipinski definition) is 1. The van der Waals surface area contributed by atoms with Crippen molar-refractivity contribution in [2.45, 2.75) is 38.3 Å². The van der Waals surface area contributed by atoms with Crippen LogP contribution in [0.4, 0.5) is 5.69 Å². The van der Waals surface area contributed by atoms with E-state index in [0.717, 1.165) is 24.7 Å². The maximum atomic E-state index is 10.7. The summed E-state index contributed by atoms with van der Waals surface area (Å²) in [6.07, 6.45) is 5.36. The minimum absolute atomic E-state index is 0.160. The average molecular weight is 277 g/mol. The van der Waals surface area contributed by atoms with Crippen LogP contribution in [0.1, 0.15) is 31.2 Å². The van der Waals surface area contributed by atoms with Crippen LogP contribution in [0.15, 0.2) is 24.3 Å². The van der Waals surface area contributed by atoms with Gasteiger partial charge in [-0.15, -0.1) is 0 Å². The van der Waals surface area contributed by atoms with E-state index in [-0.39, 0.29) is 10.6 Å². The standard InChI is InChI=1S/C15H23N3O2/c1-17(14-6-2-3-7-14)10-9-16-12-13-5-4-8-15(11-13)18(19)20/h4-5,8,11,14,16H,2-3,6-7,9-10,12H2,1H3. The number of non-ortho nitro benzene ring substituents is 1. The molecule has 5 heteroatoms. The molecule has 1 aliphatic carbocycles. The Morgan fingerprint density at radius 1 is 1.40 bits per heavy atom. The Balaban J connectivity index is 1.70. The third-order valence-electron chi connectivity index (χ3n) is 4.04. The van der Waals surface area contributed by atoms with Crippen molar-refractivity contribution in [3.05, 3.63) is 39.9 Å². The topological polar surface area (TPSA) is 58.4 Å². The average Bonchev–Trinajstić information content (AvgIpc) is 2.98. The van der Waals surface area contributed by atoms with Gasteiger partial charge in [0.05, 0.1) is 4.92 Å². The first-order chi connectivity index (χ1) is 9.66. The molecule has 0 heterocycles. The van der Waals surface area contributed by atoms with Gasteiger partial charge in [-0.2, -0.15) is 0 Å². The molecule has 1 aromatic rings. The highest BCUT2D eigenvalue weighted by Crippen LogP contribution is 2.21. The minimum Gasteiger partial charge on any atom is -0.311 e. The summed E-state index contributed by atoms with van der Waals surface area (Å²) in [6, 6.07) is 7.56. The molecule has 0 aliphatic heterocycles. The zero-order chi connectivity index (χ0) is 14.4. The molecule has 2 rings (SSSR count). The Bertz CT molecular complexity index is 444. The highest BCUT2D eigenvalue weighted by atomic mass is 16.6. The molecule has 1 aliphatic rings. The molecule has 0 atom stereocenters. The van der Waals surface area contributed by atoms with Gasteiger partial charge in [0.1, 0.15) is 0 Å². The van der Waals surface area contributed by atoms with Gasteiger partial charge < -0.3 is 10.2 Å². The molecule has 0 saturated heterocycles. The largest absolute Gasteiger partial charge is 0.311 e. The van der Waals surface area contributed by atoms with Gasteiger partial charge in [0, 0.05) is 37.8 Å². The molecule has 1 fully saturated rings. The van der Waals surface area contributed by atoms with E-state index in [0.29, 0.717) is 6.54 Å². The van der Waals surface area contributed by atoms with Crippen LogP contribution in [-0.4, -0.2) is 36.0 Å². The SMILES string of the molecule is CN(CCNCc1cccc([N+](=O)[O-])c1)C1CCCC1. The van der Waals surface area contributed by atoms with Gasteiger partial charge in [-0.25, -0.2) is 0 Å². The fourth-order valence-electron chi connectivity index (χ4n) is 2.80. The number of rotatable bonds is 7. The van der Waals surface area contributed by atoms with Crippen LogP contribution in [0.2, 0.25) is 0 Å². The van der Waals surface area contributed by atoms with Crippen molar-refractivity contribution >= 4 is 5.69 Å². The zero-order valence-electron chi connectivity index (χ0n) is 12.0. The van der Waals surface area contributed by atoms with Crippen LogP contribution >= 0.6 is 0 Å². The zero-order valence-corrected chi connectivity index (χ0v) is 12.0. The fourth-order valence-corrected chi connectivity index (χ4v) is 2.80. The fraction of sp³-hybridized carbons (Fsp3) is 0.600. The second-order valence-electron chi connectivity index (χ2n) is 5.52. The van der Waals surface area contributed by atoms with Gasteiger partial charge >= 0.3 is 0 Å². The van der Waals surface area contributed by atoms with Crippen molar-refractivity contribution < 1.29 is 4.92 Å². The number of hydrogen-bond acceptors (Lipinski definition) is 4. The predicted octanol–water partition coefficient (Wildman–Crippen LogP) is 2.56. The minimum atomic E-state index is -0.350. The monoisotopic (exact) mass is 277 g/mol. The van der Waals surface area contributed by atoms with Crippen molar-refractivity contribution in [2.75, 3.05) is 20.1 Å². The van der Waals surface area contributed by atoms with Crippen molar-refractivity contribution in [2.24, 2.45) is 0 Å². The number of nitrogens with one attached hydrogen (secondary N) is 1. The summed E-state index contributed by atoms with van der Waals surface area (Å²) in [5, 5.41) is 14.1. The Kier molecular flexibility index (Phi) is 5.49. The lowest BCUT2D eigenvalue weighted by Crippen LogP contribution is -2.35. The highest BCUT2D eigenvalue weighted by Gasteiger charge is 2.18. The maximum Gasteiger partial charge on any atom is 0.269 e. The van der Waals surface area contributed by atoms with Gasteiger partial charge in [-0.1, -0.05) is 25.0 Å². The molecule has 110 valence electrons. The van der Waals surface area contributed by atoms with Gasteiger partial charge in [0.25, 0.3) is 5.69 Å². The number of nitrogens with zero attached hydrogens (tertiary/aromatic N) is 2. The first-order valence-electron chi connectivity index (χ1n) is 7.31. The lowest BCUT2D eigenvalue weighted by atomic mass is 10.2. The molecule has 1 N–H and O–H groups in total. The van der Waals surface area contributed by atoms with Crippen LogP contribution in [0, 0.1) is 10.1 Å². The van der Waals surface area contributed by atoms with E-state index < -0.39 is 0 Å². The smallest absolute Gasteiger partial charge is 0.269 e. The predicted molar refractivity (Wildman–Crippen MR) is 79.7 cm³/mol. The van der Waals surface area contributed by atoms with Crippen molar-refractivity contribution in [3.8, 4) is 0 Å².